The molecule has 1 aliphatic rings. The molecule has 6 nitrogen and oxygen atoms in total. The number of amides is 1. The van der Waals surface area contributed by atoms with Gasteiger partial charge < -0.3 is 14.7 Å². The largest absolute Gasteiger partial charge is 0.505 e. The van der Waals surface area contributed by atoms with Crippen LogP contribution in [0.15, 0.2) is 35.5 Å². The van der Waals surface area contributed by atoms with Gasteiger partial charge in [-0.05, 0) is 16.6 Å². The van der Waals surface area contributed by atoms with Crippen molar-refractivity contribution in [3.63, 3.8) is 0 Å². The van der Waals surface area contributed by atoms with Crippen molar-refractivity contribution in [3.8, 4) is 5.75 Å². The highest BCUT2D eigenvalue weighted by molar-refractivity contribution is 6.06. The van der Waals surface area contributed by atoms with Gasteiger partial charge in [-0.25, -0.2) is 0 Å². The zero-order valence-electron chi connectivity index (χ0n) is 11.3. The van der Waals surface area contributed by atoms with Crippen LogP contribution in [0, 0.1) is 4.91 Å². The van der Waals surface area contributed by atoms with Crippen LogP contribution in [0.5, 0.6) is 5.75 Å². The lowest BCUT2D eigenvalue weighted by Crippen LogP contribution is -2.40. The minimum atomic E-state index is -0.361. The minimum Gasteiger partial charge on any atom is -0.505 e. The maximum absolute atomic E-state index is 12.5. The van der Waals surface area contributed by atoms with Crippen LogP contribution < -0.4 is 0 Å². The number of hydrogen-bond donors (Lipinski definition) is 1. The van der Waals surface area contributed by atoms with Gasteiger partial charge in [0.2, 0.25) is 0 Å². The van der Waals surface area contributed by atoms with Gasteiger partial charge in [-0.15, -0.1) is 4.91 Å². The fourth-order valence-corrected chi connectivity index (χ4v) is 2.51. The Labute approximate surface area is 120 Å². The number of morpholine rings is 1. The lowest BCUT2D eigenvalue weighted by molar-refractivity contribution is 0.0301. The number of phenols is 1. The van der Waals surface area contributed by atoms with Gasteiger partial charge in [0.15, 0.2) is 11.4 Å². The number of ether oxygens (including phenoxy) is 1. The number of carbonyl (C=O) groups is 1. The summed E-state index contributed by atoms with van der Waals surface area (Å²) in [5.74, 6) is -0.674. The third-order valence-electron chi connectivity index (χ3n) is 3.62. The van der Waals surface area contributed by atoms with E-state index in [1.165, 1.54) is 0 Å². The highest BCUT2D eigenvalue weighted by Crippen LogP contribution is 2.38. The van der Waals surface area contributed by atoms with Crippen molar-refractivity contribution in [2.45, 2.75) is 0 Å². The van der Waals surface area contributed by atoms with Gasteiger partial charge in [0.25, 0.3) is 5.91 Å². The third kappa shape index (κ3) is 2.34. The molecule has 2 aromatic rings. The minimum absolute atomic E-state index is 0.0929. The smallest absolute Gasteiger partial charge is 0.257 e. The highest BCUT2D eigenvalue weighted by Gasteiger charge is 2.24. The summed E-state index contributed by atoms with van der Waals surface area (Å²) in [6.07, 6.45) is 0. The van der Waals surface area contributed by atoms with E-state index < -0.39 is 0 Å². The van der Waals surface area contributed by atoms with Crippen LogP contribution in [0.3, 0.4) is 0 Å². The Morgan fingerprint density at radius 1 is 1.24 bits per heavy atom. The van der Waals surface area contributed by atoms with Crippen molar-refractivity contribution in [1.82, 2.24) is 4.90 Å². The van der Waals surface area contributed by atoms with Crippen LogP contribution in [-0.2, 0) is 4.74 Å². The maximum Gasteiger partial charge on any atom is 0.257 e. The molecule has 2 aromatic carbocycles. The number of benzene rings is 2. The molecular formula is C15H14N2O4. The third-order valence-corrected chi connectivity index (χ3v) is 3.62. The number of aromatic hydroxyl groups is 1. The van der Waals surface area contributed by atoms with E-state index >= 15 is 0 Å². The number of hydrogen-bond acceptors (Lipinski definition) is 5. The zero-order chi connectivity index (χ0) is 14.8. The van der Waals surface area contributed by atoms with E-state index in [0.717, 1.165) is 0 Å². The summed E-state index contributed by atoms with van der Waals surface area (Å²) in [6.45, 7) is 1.88. The van der Waals surface area contributed by atoms with Crippen LogP contribution in [0.25, 0.3) is 10.8 Å². The second kappa shape index (κ2) is 5.49. The second-order valence-corrected chi connectivity index (χ2v) is 4.84. The molecule has 6 heteroatoms. The molecule has 0 bridgehead atoms. The first-order valence-corrected chi connectivity index (χ1v) is 6.67. The van der Waals surface area contributed by atoms with Gasteiger partial charge >= 0.3 is 0 Å². The number of carbonyl (C=O) groups excluding carboxylic acids is 1. The van der Waals surface area contributed by atoms with Gasteiger partial charge in [-0.1, -0.05) is 24.3 Å². The van der Waals surface area contributed by atoms with Gasteiger partial charge in [0.1, 0.15) is 0 Å². The van der Waals surface area contributed by atoms with Gasteiger partial charge in [-0.3, -0.25) is 4.79 Å². The molecule has 0 spiro atoms. The van der Waals surface area contributed by atoms with E-state index in [9.17, 15) is 14.8 Å². The van der Waals surface area contributed by atoms with E-state index in [4.69, 9.17) is 4.74 Å². The number of fused-ring (bicyclic) bond motifs is 1. The molecule has 1 amide bonds. The van der Waals surface area contributed by atoms with Gasteiger partial charge in [0, 0.05) is 18.5 Å². The summed E-state index contributed by atoms with van der Waals surface area (Å²) in [6, 6.07) is 8.61. The molecule has 0 aliphatic carbocycles. The summed E-state index contributed by atoms with van der Waals surface area (Å²) in [4.78, 5) is 25.1. The van der Waals surface area contributed by atoms with Crippen LogP contribution >= 0.6 is 0 Å². The number of nitroso groups, excluding NO2 is 1. The quantitative estimate of drug-likeness (QED) is 0.860. The first kappa shape index (κ1) is 13.5. The fourth-order valence-electron chi connectivity index (χ4n) is 2.51. The molecule has 0 saturated carbocycles. The topological polar surface area (TPSA) is 79.2 Å². The normalized spacial score (nSPS) is 15.1. The molecule has 21 heavy (non-hydrogen) atoms. The van der Waals surface area contributed by atoms with E-state index in [1.807, 2.05) is 0 Å². The molecule has 0 aromatic heterocycles. The lowest BCUT2D eigenvalue weighted by Gasteiger charge is -2.27. The van der Waals surface area contributed by atoms with Crippen LogP contribution in [-0.4, -0.2) is 42.2 Å². The predicted octanol–water partition coefficient (Wildman–Crippen LogP) is 2.42. The molecule has 0 atom stereocenters. The van der Waals surface area contributed by atoms with Gasteiger partial charge in [0.05, 0.1) is 18.8 Å². The molecule has 1 heterocycles. The standard InChI is InChI=1S/C15H14N2O4/c18-14-12(15(19)17-5-7-21-8-6-17)9-10-3-1-2-4-11(10)13(14)16-20/h1-4,9,18H,5-8H2. The predicted molar refractivity (Wildman–Crippen MR) is 77.8 cm³/mol. The maximum atomic E-state index is 12.5. The number of rotatable bonds is 2. The Balaban J connectivity index is 2.11. The van der Waals surface area contributed by atoms with Crippen molar-refractivity contribution in [3.05, 3.63) is 40.8 Å². The Hall–Kier alpha value is -2.47. The summed E-state index contributed by atoms with van der Waals surface area (Å²) >= 11 is 0. The molecule has 0 unspecified atom stereocenters. The summed E-state index contributed by atoms with van der Waals surface area (Å²) in [5.41, 5.74) is 0.00918. The molecule has 108 valence electrons. The Kier molecular flexibility index (Phi) is 3.53. The van der Waals surface area contributed by atoms with Crippen molar-refractivity contribution < 1.29 is 14.6 Å². The average Bonchev–Trinajstić information content (AvgIpc) is 2.54. The Bertz CT molecular complexity index is 708. The second-order valence-electron chi connectivity index (χ2n) is 4.84. The van der Waals surface area contributed by atoms with Gasteiger partial charge in [-0.2, -0.15) is 0 Å². The first-order valence-electron chi connectivity index (χ1n) is 6.67. The monoisotopic (exact) mass is 286 g/mol. The van der Waals surface area contributed by atoms with Crippen molar-refractivity contribution in [1.29, 1.82) is 0 Å². The Morgan fingerprint density at radius 2 is 1.95 bits per heavy atom. The molecule has 3 rings (SSSR count). The van der Waals surface area contributed by atoms with E-state index in [2.05, 4.69) is 5.18 Å². The van der Waals surface area contributed by atoms with E-state index in [-0.39, 0.29) is 22.9 Å². The zero-order valence-corrected chi connectivity index (χ0v) is 11.3. The van der Waals surface area contributed by atoms with Crippen molar-refractivity contribution >= 4 is 22.4 Å². The Morgan fingerprint density at radius 3 is 2.67 bits per heavy atom. The van der Waals surface area contributed by atoms with Crippen molar-refractivity contribution in [2.75, 3.05) is 26.3 Å². The molecular weight excluding hydrogens is 272 g/mol. The first-order chi connectivity index (χ1) is 10.2. The van der Waals surface area contributed by atoms with Crippen molar-refractivity contribution in [2.24, 2.45) is 5.18 Å². The summed E-state index contributed by atoms with van der Waals surface area (Å²) in [5, 5.41) is 14.3. The summed E-state index contributed by atoms with van der Waals surface area (Å²) < 4.78 is 5.21. The van der Waals surface area contributed by atoms with E-state index in [1.54, 1.807) is 35.2 Å². The highest BCUT2D eigenvalue weighted by atomic mass is 16.5. The SMILES string of the molecule is O=Nc1c(O)c(C(=O)N2CCOCC2)cc2ccccc12. The number of phenolic OH excluding ortho intramolecular Hbond substituents is 1. The molecule has 1 saturated heterocycles. The number of nitrogens with zero attached hydrogens (tertiary/aromatic N) is 2. The molecule has 1 N–H and O–H groups in total. The van der Waals surface area contributed by atoms with E-state index in [0.29, 0.717) is 37.1 Å². The summed E-state index contributed by atoms with van der Waals surface area (Å²) in [7, 11) is 0. The molecule has 1 fully saturated rings. The molecule has 1 aliphatic heterocycles. The van der Waals surface area contributed by atoms with Crippen LogP contribution in [0.4, 0.5) is 5.69 Å². The molecule has 0 radical (unpaired) electrons. The van der Waals surface area contributed by atoms with Crippen LogP contribution in [0.1, 0.15) is 10.4 Å². The fraction of sp³-hybridized carbons (Fsp3) is 0.267. The van der Waals surface area contributed by atoms with Crippen LogP contribution in [0.2, 0.25) is 0 Å². The average molecular weight is 286 g/mol. The lowest BCUT2D eigenvalue weighted by atomic mass is 10.0.